The van der Waals surface area contributed by atoms with E-state index in [0.29, 0.717) is 40.8 Å². The SMILES string of the molecule is CC[C@@H](N=c1[nH][s+]([O-])nc1Nc1csc([S+]([O-])N(CC)CC)c1O)c1cc(C(C)C)co1. The molecule has 0 amide bonds. The van der Waals surface area contributed by atoms with Crippen molar-refractivity contribution < 1.29 is 18.6 Å². The number of aromatic amines is 1. The number of hydrogen-bond acceptors (Lipinski definition) is 9. The molecule has 32 heavy (non-hydrogen) atoms. The Balaban J connectivity index is 1.90. The van der Waals surface area contributed by atoms with Crippen molar-refractivity contribution in [2.45, 2.75) is 57.2 Å². The third kappa shape index (κ3) is 5.38. The molecule has 0 saturated heterocycles. The minimum atomic E-state index is -1.68. The van der Waals surface area contributed by atoms with E-state index in [4.69, 9.17) is 4.42 Å². The summed E-state index contributed by atoms with van der Waals surface area (Å²) in [6.45, 7) is 11.2. The van der Waals surface area contributed by atoms with Gasteiger partial charge in [0.2, 0.25) is 17.1 Å². The van der Waals surface area contributed by atoms with Gasteiger partial charge in [0, 0.05) is 22.8 Å². The van der Waals surface area contributed by atoms with Crippen LogP contribution in [0.5, 0.6) is 5.75 Å². The molecule has 0 bridgehead atoms. The Hall–Kier alpha value is -1.83. The minimum Gasteiger partial charge on any atom is -0.592 e. The molecule has 9 nitrogen and oxygen atoms in total. The maximum absolute atomic E-state index is 12.7. The molecule has 12 heteroatoms. The van der Waals surface area contributed by atoms with Gasteiger partial charge in [-0.1, -0.05) is 32.1 Å². The topological polar surface area (TPSA) is 136 Å². The average Bonchev–Trinajstić information content (AvgIpc) is 3.47. The Labute approximate surface area is 197 Å². The smallest absolute Gasteiger partial charge is 0.272 e. The normalized spacial score (nSPS) is 15.0. The van der Waals surface area contributed by atoms with Gasteiger partial charge in [-0.25, -0.2) is 4.99 Å². The Morgan fingerprint density at radius 2 is 2.09 bits per heavy atom. The molecule has 0 aliphatic carbocycles. The van der Waals surface area contributed by atoms with Crippen LogP contribution in [0, 0.1) is 0 Å². The standard InChI is InChI=1S/C20H29N5O4S3/c1-6-14(16-9-13(10-29-16)12(4)5)21-18-19(24-32(28)23-18)22-15-11-30-20(17(15)26)31(27)25(7-2)8-3/h9-12,14,26H,6-8H2,1-5H3,(H,21,23)(H,22,24)/t14-,31?,32?/m1/s1. The van der Waals surface area contributed by atoms with Crippen molar-refractivity contribution in [2.75, 3.05) is 18.4 Å². The summed E-state index contributed by atoms with van der Waals surface area (Å²) in [5, 5.41) is 15.3. The molecule has 3 rings (SSSR count). The maximum atomic E-state index is 12.7. The van der Waals surface area contributed by atoms with Gasteiger partial charge in [-0.2, -0.15) is 0 Å². The minimum absolute atomic E-state index is 0.111. The summed E-state index contributed by atoms with van der Waals surface area (Å²) in [5.41, 5.74) is 1.74. The molecule has 0 aliphatic rings. The molecule has 0 fully saturated rings. The van der Waals surface area contributed by atoms with Crippen molar-refractivity contribution in [3.63, 3.8) is 0 Å². The zero-order chi connectivity index (χ0) is 23.4. The molecule has 0 spiro atoms. The van der Waals surface area contributed by atoms with Crippen LogP contribution in [-0.4, -0.2) is 40.4 Å². The lowest BCUT2D eigenvalue weighted by atomic mass is 10.1. The zero-order valence-corrected chi connectivity index (χ0v) is 21.2. The van der Waals surface area contributed by atoms with Gasteiger partial charge < -0.3 is 23.9 Å². The number of aromatic hydroxyl groups is 1. The fourth-order valence-electron chi connectivity index (χ4n) is 3.06. The van der Waals surface area contributed by atoms with E-state index in [2.05, 4.69) is 32.9 Å². The van der Waals surface area contributed by atoms with Gasteiger partial charge >= 0.3 is 0 Å². The molecule has 3 aromatic heterocycles. The quantitative estimate of drug-likeness (QED) is 0.341. The van der Waals surface area contributed by atoms with Crippen molar-refractivity contribution in [3.05, 3.63) is 34.5 Å². The van der Waals surface area contributed by atoms with Gasteiger partial charge in [-0.3, -0.25) is 0 Å². The van der Waals surface area contributed by atoms with E-state index in [0.717, 1.165) is 11.3 Å². The Morgan fingerprint density at radius 3 is 2.69 bits per heavy atom. The molecule has 0 radical (unpaired) electrons. The molecular weight excluding hydrogens is 470 g/mol. The third-order valence-electron chi connectivity index (χ3n) is 4.97. The molecule has 3 atom stereocenters. The molecule has 3 N–H and O–H groups in total. The van der Waals surface area contributed by atoms with Gasteiger partial charge in [-0.15, -0.1) is 8.68 Å². The van der Waals surface area contributed by atoms with Crippen LogP contribution in [0.25, 0.3) is 0 Å². The summed E-state index contributed by atoms with van der Waals surface area (Å²) in [7, 11) is 0. The van der Waals surface area contributed by atoms with Gasteiger partial charge in [0.25, 0.3) is 4.21 Å². The fraction of sp³-hybridized carbons (Fsp3) is 0.500. The van der Waals surface area contributed by atoms with Crippen molar-refractivity contribution in [3.8, 4) is 5.75 Å². The van der Waals surface area contributed by atoms with E-state index in [-0.39, 0.29) is 17.6 Å². The van der Waals surface area contributed by atoms with E-state index >= 15 is 0 Å². The summed E-state index contributed by atoms with van der Waals surface area (Å²) < 4.78 is 39.4. The maximum Gasteiger partial charge on any atom is 0.272 e. The first kappa shape index (κ1) is 24.8. The number of rotatable bonds is 10. The van der Waals surface area contributed by atoms with Gasteiger partial charge in [0.15, 0.2) is 11.1 Å². The predicted octanol–water partition coefficient (Wildman–Crippen LogP) is 4.78. The highest BCUT2D eigenvalue weighted by molar-refractivity contribution is 7.91. The van der Waals surface area contributed by atoms with Gasteiger partial charge in [-0.05, 0) is 37.8 Å². The number of H-pyrrole nitrogens is 1. The molecule has 0 saturated carbocycles. The molecule has 176 valence electrons. The molecule has 3 aromatic rings. The van der Waals surface area contributed by atoms with Crippen LogP contribution in [0.4, 0.5) is 11.5 Å². The first-order valence-corrected chi connectivity index (χ1v) is 13.6. The van der Waals surface area contributed by atoms with Crippen LogP contribution in [0.3, 0.4) is 0 Å². The summed E-state index contributed by atoms with van der Waals surface area (Å²) in [5.74, 6) is 1.19. The number of aromatic nitrogens is 2. The zero-order valence-electron chi connectivity index (χ0n) is 18.7. The lowest BCUT2D eigenvalue weighted by Crippen LogP contribution is -2.30. The number of thiophene rings is 1. The van der Waals surface area contributed by atoms with Crippen molar-refractivity contribution in [1.82, 2.24) is 13.1 Å². The second-order valence-corrected chi connectivity index (χ2v) is 10.8. The first-order chi connectivity index (χ1) is 15.3. The Morgan fingerprint density at radius 1 is 1.38 bits per heavy atom. The van der Waals surface area contributed by atoms with Crippen molar-refractivity contribution >= 4 is 45.3 Å². The van der Waals surface area contributed by atoms with Crippen LogP contribution in [0.2, 0.25) is 0 Å². The summed E-state index contributed by atoms with van der Waals surface area (Å²) in [6, 6.07) is 1.70. The molecule has 2 unspecified atom stereocenters. The average molecular weight is 500 g/mol. The third-order valence-corrected chi connectivity index (χ3v) is 8.66. The highest BCUT2D eigenvalue weighted by Gasteiger charge is 2.28. The summed E-state index contributed by atoms with van der Waals surface area (Å²) in [6.07, 6.45) is 2.41. The van der Waals surface area contributed by atoms with Gasteiger partial charge in [0.05, 0.1) is 23.3 Å². The largest absolute Gasteiger partial charge is 0.592 e. The number of anilines is 2. The Bertz CT molecular complexity index is 1080. The monoisotopic (exact) mass is 499 g/mol. The van der Waals surface area contributed by atoms with E-state index < -0.39 is 22.5 Å². The molecular formula is C20H29N5O4S3. The van der Waals surface area contributed by atoms with E-state index in [1.54, 1.807) is 15.9 Å². The van der Waals surface area contributed by atoms with Crippen LogP contribution >= 0.6 is 22.5 Å². The fourth-order valence-corrected chi connectivity index (χ4v) is 6.10. The summed E-state index contributed by atoms with van der Waals surface area (Å²) in [4.78, 5) is 4.67. The second-order valence-electron chi connectivity index (χ2n) is 7.40. The van der Waals surface area contributed by atoms with Crippen LogP contribution < -0.4 is 10.8 Å². The second kappa shape index (κ2) is 10.9. The number of nitrogens with one attached hydrogen (secondary N) is 2. The van der Waals surface area contributed by atoms with Gasteiger partial charge in [0.1, 0.15) is 11.8 Å². The number of furan rings is 1. The predicted molar refractivity (Wildman–Crippen MR) is 127 cm³/mol. The lowest BCUT2D eigenvalue weighted by molar-refractivity contribution is 0.433. The van der Waals surface area contributed by atoms with Crippen LogP contribution in [-0.2, 0) is 11.4 Å². The van der Waals surface area contributed by atoms with Crippen LogP contribution in [0.15, 0.2) is 31.3 Å². The number of hydrogen-bond donors (Lipinski definition) is 3. The number of nitrogens with zero attached hydrogens (tertiary/aromatic N) is 3. The van der Waals surface area contributed by atoms with Crippen molar-refractivity contribution in [1.29, 1.82) is 0 Å². The molecule has 0 aliphatic heterocycles. The van der Waals surface area contributed by atoms with E-state index in [1.165, 1.54) is 11.3 Å². The van der Waals surface area contributed by atoms with E-state index in [9.17, 15) is 14.2 Å². The molecule has 0 aromatic carbocycles. The molecule has 3 heterocycles. The van der Waals surface area contributed by atoms with E-state index in [1.807, 2.05) is 26.8 Å². The Kier molecular flexibility index (Phi) is 8.42. The van der Waals surface area contributed by atoms with Crippen LogP contribution in [0.1, 0.15) is 64.3 Å². The first-order valence-electron chi connectivity index (χ1n) is 10.5. The van der Waals surface area contributed by atoms with Crippen molar-refractivity contribution in [2.24, 2.45) is 4.99 Å². The summed E-state index contributed by atoms with van der Waals surface area (Å²) >= 11 is -1.96. The lowest BCUT2D eigenvalue weighted by Gasteiger charge is -2.19. The highest BCUT2D eigenvalue weighted by Crippen LogP contribution is 2.40. The highest BCUT2D eigenvalue weighted by atomic mass is 32.2.